The van der Waals surface area contributed by atoms with Crippen molar-refractivity contribution in [3.63, 3.8) is 0 Å². The van der Waals surface area contributed by atoms with Crippen LogP contribution in [0.2, 0.25) is 0 Å². The maximum absolute atomic E-state index is 13.8. The molecule has 0 radical (unpaired) electrons. The fraction of sp³-hybridized carbons (Fsp3) is 0.222. The third-order valence-corrected chi connectivity index (χ3v) is 4.33. The summed E-state index contributed by atoms with van der Waals surface area (Å²) in [4.78, 5) is 18.4. The summed E-state index contributed by atoms with van der Waals surface area (Å²) in [6, 6.07) is 8.49. The standard InChI is InChI=1S/C18H17BrFN3O/c19-15-5-6-17(16(20)9-15)22-18(24)12-23-8-2-4-14(11-23)13-3-1-7-21-10-13/h1,3-7,9-10H,2,8,11-12H2,(H,22,24). The Morgan fingerprint density at radius 2 is 2.25 bits per heavy atom. The molecule has 1 aromatic carbocycles. The Kier molecular flexibility index (Phi) is 5.37. The third kappa shape index (κ3) is 4.27. The largest absolute Gasteiger partial charge is 0.322 e. The molecule has 0 saturated carbocycles. The Morgan fingerprint density at radius 1 is 1.38 bits per heavy atom. The van der Waals surface area contributed by atoms with Gasteiger partial charge < -0.3 is 5.32 Å². The van der Waals surface area contributed by atoms with E-state index in [1.165, 1.54) is 6.07 Å². The van der Waals surface area contributed by atoms with Crippen LogP contribution in [0.5, 0.6) is 0 Å². The van der Waals surface area contributed by atoms with Gasteiger partial charge in [-0.15, -0.1) is 0 Å². The molecule has 0 saturated heterocycles. The van der Waals surface area contributed by atoms with Crippen LogP contribution in [-0.2, 0) is 4.79 Å². The second kappa shape index (κ2) is 7.68. The van der Waals surface area contributed by atoms with Gasteiger partial charge in [0.05, 0.1) is 12.2 Å². The van der Waals surface area contributed by atoms with Crippen LogP contribution in [0.3, 0.4) is 0 Å². The minimum absolute atomic E-state index is 0.197. The van der Waals surface area contributed by atoms with Crippen molar-refractivity contribution in [2.24, 2.45) is 0 Å². The highest BCUT2D eigenvalue weighted by Crippen LogP contribution is 2.21. The van der Waals surface area contributed by atoms with E-state index in [4.69, 9.17) is 0 Å². The van der Waals surface area contributed by atoms with E-state index in [0.717, 1.165) is 24.1 Å². The first-order chi connectivity index (χ1) is 11.6. The average molecular weight is 390 g/mol. The van der Waals surface area contributed by atoms with Crippen molar-refractivity contribution in [1.82, 2.24) is 9.88 Å². The summed E-state index contributed by atoms with van der Waals surface area (Å²) >= 11 is 3.20. The van der Waals surface area contributed by atoms with Crippen LogP contribution in [0.1, 0.15) is 12.0 Å². The first kappa shape index (κ1) is 16.8. The summed E-state index contributed by atoms with van der Waals surface area (Å²) in [5.74, 6) is -0.670. The minimum atomic E-state index is -0.452. The molecular formula is C18H17BrFN3O. The number of benzene rings is 1. The highest BCUT2D eigenvalue weighted by atomic mass is 79.9. The maximum Gasteiger partial charge on any atom is 0.238 e. The monoisotopic (exact) mass is 389 g/mol. The quantitative estimate of drug-likeness (QED) is 0.866. The van der Waals surface area contributed by atoms with Crippen molar-refractivity contribution in [2.75, 3.05) is 25.0 Å². The number of halogens is 2. The fourth-order valence-electron chi connectivity index (χ4n) is 2.69. The maximum atomic E-state index is 13.8. The molecule has 1 aliphatic heterocycles. The summed E-state index contributed by atoms with van der Waals surface area (Å²) < 4.78 is 14.4. The number of rotatable bonds is 4. The van der Waals surface area contributed by atoms with Crippen molar-refractivity contribution >= 4 is 33.1 Å². The van der Waals surface area contributed by atoms with Gasteiger partial charge in [0, 0.05) is 30.0 Å². The molecule has 124 valence electrons. The van der Waals surface area contributed by atoms with Crippen molar-refractivity contribution < 1.29 is 9.18 Å². The van der Waals surface area contributed by atoms with E-state index in [2.05, 4.69) is 37.2 Å². The molecule has 0 fully saturated rings. The van der Waals surface area contributed by atoms with Gasteiger partial charge in [-0.25, -0.2) is 4.39 Å². The zero-order valence-corrected chi connectivity index (χ0v) is 14.6. The minimum Gasteiger partial charge on any atom is -0.322 e. The normalized spacial score (nSPS) is 15.0. The molecule has 4 nitrogen and oxygen atoms in total. The Bertz CT molecular complexity index is 764. The van der Waals surface area contributed by atoms with Gasteiger partial charge in [0.25, 0.3) is 0 Å². The SMILES string of the molecule is O=C(CN1CCC=C(c2cccnc2)C1)Nc1ccc(Br)cc1F. The number of pyridine rings is 1. The molecule has 24 heavy (non-hydrogen) atoms. The predicted octanol–water partition coefficient (Wildman–Crippen LogP) is 3.71. The Labute approximate surface area is 148 Å². The smallest absolute Gasteiger partial charge is 0.238 e. The Hall–Kier alpha value is -2.05. The number of anilines is 1. The number of nitrogens with zero attached hydrogens (tertiary/aromatic N) is 2. The van der Waals surface area contributed by atoms with Gasteiger partial charge in [-0.3, -0.25) is 14.7 Å². The number of hydrogen-bond acceptors (Lipinski definition) is 3. The van der Waals surface area contributed by atoms with Gasteiger partial charge in [0.1, 0.15) is 5.82 Å². The molecule has 0 aliphatic carbocycles. The van der Waals surface area contributed by atoms with E-state index < -0.39 is 5.82 Å². The first-order valence-electron chi connectivity index (χ1n) is 7.68. The zero-order chi connectivity index (χ0) is 16.9. The van der Waals surface area contributed by atoms with Gasteiger partial charge in [-0.1, -0.05) is 28.1 Å². The topological polar surface area (TPSA) is 45.2 Å². The van der Waals surface area contributed by atoms with E-state index in [0.29, 0.717) is 11.0 Å². The van der Waals surface area contributed by atoms with Crippen molar-refractivity contribution in [3.05, 3.63) is 64.7 Å². The van der Waals surface area contributed by atoms with Crippen molar-refractivity contribution in [3.8, 4) is 0 Å². The van der Waals surface area contributed by atoms with Crippen LogP contribution < -0.4 is 5.32 Å². The molecule has 0 unspecified atom stereocenters. The molecule has 2 aromatic rings. The lowest BCUT2D eigenvalue weighted by atomic mass is 10.0. The number of amides is 1. The number of nitrogens with one attached hydrogen (secondary N) is 1. The lowest BCUT2D eigenvalue weighted by Crippen LogP contribution is -2.36. The molecule has 1 aromatic heterocycles. The molecule has 0 atom stereocenters. The fourth-order valence-corrected chi connectivity index (χ4v) is 3.02. The molecule has 2 heterocycles. The molecule has 0 bridgehead atoms. The third-order valence-electron chi connectivity index (χ3n) is 3.83. The molecule has 1 amide bonds. The second-order valence-corrected chi connectivity index (χ2v) is 6.56. The second-order valence-electron chi connectivity index (χ2n) is 5.64. The highest BCUT2D eigenvalue weighted by molar-refractivity contribution is 9.10. The van der Waals surface area contributed by atoms with Gasteiger partial charge in [0.2, 0.25) is 5.91 Å². The van der Waals surface area contributed by atoms with Crippen LogP contribution in [0.15, 0.2) is 53.3 Å². The van der Waals surface area contributed by atoms with Crippen LogP contribution in [0.25, 0.3) is 5.57 Å². The van der Waals surface area contributed by atoms with Crippen LogP contribution >= 0.6 is 15.9 Å². The lowest BCUT2D eigenvalue weighted by Gasteiger charge is -2.26. The van der Waals surface area contributed by atoms with E-state index in [1.54, 1.807) is 18.3 Å². The first-order valence-corrected chi connectivity index (χ1v) is 8.48. The molecule has 0 spiro atoms. The van der Waals surface area contributed by atoms with E-state index >= 15 is 0 Å². The molecule has 6 heteroatoms. The van der Waals surface area contributed by atoms with Crippen LogP contribution in [0, 0.1) is 5.82 Å². The van der Waals surface area contributed by atoms with E-state index in [-0.39, 0.29) is 18.1 Å². The molecule has 1 N–H and O–H groups in total. The summed E-state index contributed by atoms with van der Waals surface area (Å²) in [5.41, 5.74) is 2.43. The summed E-state index contributed by atoms with van der Waals surface area (Å²) in [5, 5.41) is 2.63. The van der Waals surface area contributed by atoms with E-state index in [9.17, 15) is 9.18 Å². The average Bonchev–Trinajstić information content (AvgIpc) is 2.58. The van der Waals surface area contributed by atoms with Crippen molar-refractivity contribution in [1.29, 1.82) is 0 Å². The number of carbonyl (C=O) groups is 1. The zero-order valence-electron chi connectivity index (χ0n) is 13.0. The molecular weight excluding hydrogens is 373 g/mol. The number of aromatic nitrogens is 1. The Morgan fingerprint density at radius 3 is 3.00 bits per heavy atom. The van der Waals surface area contributed by atoms with Gasteiger partial charge >= 0.3 is 0 Å². The highest BCUT2D eigenvalue weighted by Gasteiger charge is 2.17. The van der Waals surface area contributed by atoms with Crippen LogP contribution in [-0.4, -0.2) is 35.4 Å². The summed E-state index contributed by atoms with van der Waals surface area (Å²) in [6.07, 6.45) is 6.63. The predicted molar refractivity (Wildman–Crippen MR) is 96.0 cm³/mol. The van der Waals surface area contributed by atoms with Gasteiger partial charge in [0.15, 0.2) is 0 Å². The van der Waals surface area contributed by atoms with Gasteiger partial charge in [-0.2, -0.15) is 0 Å². The molecule has 3 rings (SSSR count). The van der Waals surface area contributed by atoms with E-state index in [1.807, 2.05) is 18.3 Å². The van der Waals surface area contributed by atoms with Crippen LogP contribution in [0.4, 0.5) is 10.1 Å². The van der Waals surface area contributed by atoms with Crippen molar-refractivity contribution in [2.45, 2.75) is 6.42 Å². The lowest BCUT2D eigenvalue weighted by molar-refractivity contribution is -0.117. The molecule has 1 aliphatic rings. The number of carbonyl (C=O) groups excluding carboxylic acids is 1. The Balaban J connectivity index is 1.60. The van der Waals surface area contributed by atoms with Gasteiger partial charge in [-0.05, 0) is 41.8 Å². The summed E-state index contributed by atoms with van der Waals surface area (Å²) in [6.45, 7) is 1.72. The summed E-state index contributed by atoms with van der Waals surface area (Å²) in [7, 11) is 0. The number of hydrogen-bond donors (Lipinski definition) is 1.